The molecule has 1 aromatic heterocycles. The number of nitrogens with zero attached hydrogens (tertiary/aromatic N) is 4. The number of rotatable bonds is 5. The van der Waals surface area contributed by atoms with Gasteiger partial charge < -0.3 is 14.5 Å². The highest BCUT2D eigenvalue weighted by Gasteiger charge is 2.30. The van der Waals surface area contributed by atoms with Crippen molar-refractivity contribution in [3.63, 3.8) is 0 Å². The molecule has 4 rings (SSSR count). The number of benzene rings is 1. The number of carbonyl (C=O) groups is 1. The first kappa shape index (κ1) is 18.7. The number of likely N-dealkylation sites (tertiary alicyclic amines) is 2. The highest BCUT2D eigenvalue weighted by Crippen LogP contribution is 2.24. The number of amides is 1. The summed E-state index contributed by atoms with van der Waals surface area (Å²) in [6, 6.07) is 11.9. The van der Waals surface area contributed by atoms with Gasteiger partial charge in [-0.3, -0.25) is 4.79 Å². The van der Waals surface area contributed by atoms with E-state index in [1.54, 1.807) is 11.0 Å². The van der Waals surface area contributed by atoms with Crippen molar-refractivity contribution in [3.8, 4) is 11.8 Å². The van der Waals surface area contributed by atoms with Gasteiger partial charge in [0.25, 0.3) is 5.91 Å². The Hall–Kier alpha value is -2.65. The fourth-order valence-electron chi connectivity index (χ4n) is 4.26. The maximum absolute atomic E-state index is 12.7. The first-order valence-corrected chi connectivity index (χ1v) is 10.1. The van der Waals surface area contributed by atoms with Crippen LogP contribution in [0.1, 0.15) is 42.6 Å². The molecule has 146 valence electrons. The molecule has 2 aliphatic rings. The van der Waals surface area contributed by atoms with Gasteiger partial charge in [0, 0.05) is 18.0 Å². The number of hydrogen-bond acceptors (Lipinski definition) is 5. The van der Waals surface area contributed by atoms with Gasteiger partial charge in [0.1, 0.15) is 17.5 Å². The minimum atomic E-state index is -0.334. The van der Waals surface area contributed by atoms with Crippen molar-refractivity contribution >= 4 is 16.8 Å². The predicted molar refractivity (Wildman–Crippen MR) is 107 cm³/mol. The summed E-state index contributed by atoms with van der Waals surface area (Å²) < 4.78 is 5.95. The van der Waals surface area contributed by atoms with Crippen molar-refractivity contribution < 1.29 is 9.53 Å². The SMILES string of the molecule is CN1CCCC1CCOc1ccc2nc(C(=O)N3CCC[C@@H]3C#N)ccc2c1. The second-order valence-corrected chi connectivity index (χ2v) is 7.75. The molecule has 0 aliphatic carbocycles. The zero-order valence-electron chi connectivity index (χ0n) is 16.3. The van der Waals surface area contributed by atoms with Crippen molar-refractivity contribution in [2.24, 2.45) is 0 Å². The van der Waals surface area contributed by atoms with Crippen LogP contribution in [0.2, 0.25) is 0 Å². The van der Waals surface area contributed by atoms with Crippen molar-refractivity contribution in [3.05, 3.63) is 36.0 Å². The highest BCUT2D eigenvalue weighted by molar-refractivity contribution is 5.95. The largest absolute Gasteiger partial charge is 0.494 e. The molecule has 1 amide bonds. The van der Waals surface area contributed by atoms with Crippen LogP contribution in [0.25, 0.3) is 10.9 Å². The fourth-order valence-corrected chi connectivity index (χ4v) is 4.26. The van der Waals surface area contributed by atoms with Crippen LogP contribution in [0.3, 0.4) is 0 Å². The Bertz CT molecular complexity index is 907. The Morgan fingerprint density at radius 1 is 1.25 bits per heavy atom. The van der Waals surface area contributed by atoms with Crippen molar-refractivity contribution in [2.45, 2.75) is 44.2 Å². The predicted octanol–water partition coefficient (Wildman–Crippen LogP) is 3.23. The van der Waals surface area contributed by atoms with Crippen LogP contribution in [0.4, 0.5) is 0 Å². The topological polar surface area (TPSA) is 69.5 Å². The number of fused-ring (bicyclic) bond motifs is 1. The minimum absolute atomic E-state index is 0.160. The van der Waals surface area contributed by atoms with Crippen LogP contribution in [-0.4, -0.2) is 59.5 Å². The molecule has 2 fully saturated rings. The lowest BCUT2D eigenvalue weighted by molar-refractivity contribution is 0.0759. The van der Waals surface area contributed by atoms with E-state index >= 15 is 0 Å². The number of aromatic nitrogens is 1. The molecule has 0 spiro atoms. The Kier molecular flexibility index (Phi) is 5.45. The number of carbonyl (C=O) groups excluding carboxylic acids is 1. The van der Waals surface area contributed by atoms with Crippen LogP contribution in [0.15, 0.2) is 30.3 Å². The fraction of sp³-hybridized carbons (Fsp3) is 0.500. The summed E-state index contributed by atoms with van der Waals surface area (Å²) in [5.41, 5.74) is 1.16. The molecule has 3 heterocycles. The summed E-state index contributed by atoms with van der Waals surface area (Å²) in [6.45, 7) is 2.51. The summed E-state index contributed by atoms with van der Waals surface area (Å²) in [5.74, 6) is 0.671. The summed E-state index contributed by atoms with van der Waals surface area (Å²) in [5, 5.41) is 10.2. The Morgan fingerprint density at radius 3 is 2.89 bits per heavy atom. The summed E-state index contributed by atoms with van der Waals surface area (Å²) in [4.78, 5) is 21.3. The molecule has 1 unspecified atom stereocenters. The van der Waals surface area contributed by atoms with E-state index in [4.69, 9.17) is 4.74 Å². The van der Waals surface area contributed by atoms with Crippen LogP contribution in [0, 0.1) is 11.3 Å². The third-order valence-corrected chi connectivity index (χ3v) is 5.93. The first-order chi connectivity index (χ1) is 13.7. The molecule has 0 saturated carbocycles. The molecule has 0 N–H and O–H groups in total. The van der Waals surface area contributed by atoms with Crippen LogP contribution in [0.5, 0.6) is 5.75 Å². The Balaban J connectivity index is 1.42. The highest BCUT2D eigenvalue weighted by atomic mass is 16.5. The molecule has 28 heavy (non-hydrogen) atoms. The van der Waals surface area contributed by atoms with E-state index in [2.05, 4.69) is 23.0 Å². The van der Waals surface area contributed by atoms with E-state index in [1.165, 1.54) is 19.4 Å². The van der Waals surface area contributed by atoms with Gasteiger partial charge in [-0.2, -0.15) is 5.26 Å². The van der Waals surface area contributed by atoms with E-state index < -0.39 is 0 Å². The minimum Gasteiger partial charge on any atom is -0.494 e. The summed E-state index contributed by atoms with van der Waals surface area (Å²) >= 11 is 0. The summed E-state index contributed by atoms with van der Waals surface area (Å²) in [6.07, 6.45) is 5.18. The average molecular weight is 378 g/mol. The maximum atomic E-state index is 12.7. The van der Waals surface area contributed by atoms with Gasteiger partial charge in [0.05, 0.1) is 18.2 Å². The molecule has 2 atom stereocenters. The van der Waals surface area contributed by atoms with E-state index in [9.17, 15) is 10.1 Å². The van der Waals surface area contributed by atoms with E-state index in [1.807, 2.05) is 24.3 Å². The van der Waals surface area contributed by atoms with Crippen molar-refractivity contribution in [1.29, 1.82) is 5.26 Å². The molecule has 0 radical (unpaired) electrons. The third kappa shape index (κ3) is 3.81. The zero-order chi connectivity index (χ0) is 19.5. The van der Waals surface area contributed by atoms with E-state index in [0.717, 1.165) is 35.9 Å². The second kappa shape index (κ2) is 8.15. The molecule has 6 heteroatoms. The second-order valence-electron chi connectivity index (χ2n) is 7.75. The van der Waals surface area contributed by atoms with Crippen LogP contribution in [-0.2, 0) is 0 Å². The van der Waals surface area contributed by atoms with Crippen molar-refractivity contribution in [1.82, 2.24) is 14.8 Å². The average Bonchev–Trinajstić information content (AvgIpc) is 3.36. The lowest BCUT2D eigenvalue weighted by Crippen LogP contribution is -2.35. The van der Waals surface area contributed by atoms with Gasteiger partial charge in [-0.1, -0.05) is 6.07 Å². The van der Waals surface area contributed by atoms with Crippen LogP contribution >= 0.6 is 0 Å². The van der Waals surface area contributed by atoms with Crippen LogP contribution < -0.4 is 4.74 Å². The lowest BCUT2D eigenvalue weighted by Gasteiger charge is -2.19. The molecule has 0 bridgehead atoms. The molecule has 1 aromatic carbocycles. The summed E-state index contributed by atoms with van der Waals surface area (Å²) in [7, 11) is 2.18. The number of ether oxygens (including phenoxy) is 1. The molecular weight excluding hydrogens is 352 g/mol. The maximum Gasteiger partial charge on any atom is 0.273 e. The van der Waals surface area contributed by atoms with Gasteiger partial charge in [-0.25, -0.2) is 4.98 Å². The number of hydrogen-bond donors (Lipinski definition) is 0. The molecule has 2 saturated heterocycles. The normalized spacial score (nSPS) is 22.5. The lowest BCUT2D eigenvalue weighted by atomic mass is 10.1. The van der Waals surface area contributed by atoms with Gasteiger partial charge in [0.15, 0.2) is 0 Å². The molecule has 2 aliphatic heterocycles. The van der Waals surface area contributed by atoms with Crippen molar-refractivity contribution in [2.75, 3.05) is 26.7 Å². The quantitative estimate of drug-likeness (QED) is 0.799. The zero-order valence-corrected chi connectivity index (χ0v) is 16.3. The van der Waals surface area contributed by atoms with E-state index in [0.29, 0.717) is 24.9 Å². The van der Waals surface area contributed by atoms with Gasteiger partial charge in [-0.15, -0.1) is 0 Å². The monoisotopic (exact) mass is 378 g/mol. The number of pyridine rings is 1. The molecule has 2 aromatic rings. The standard InChI is InChI=1S/C22H26N4O2/c1-25-11-2-4-17(25)10-13-28-19-7-9-20-16(14-19)6-8-21(24-20)22(27)26-12-3-5-18(26)15-23/h6-9,14,17-18H,2-5,10-13H2,1H3/t17?,18-/m1/s1. The Labute approximate surface area is 165 Å². The smallest absolute Gasteiger partial charge is 0.273 e. The number of nitriles is 1. The Morgan fingerprint density at radius 2 is 2.11 bits per heavy atom. The molecule has 6 nitrogen and oxygen atoms in total. The van der Waals surface area contributed by atoms with Gasteiger partial charge in [0.2, 0.25) is 0 Å². The third-order valence-electron chi connectivity index (χ3n) is 5.93. The first-order valence-electron chi connectivity index (χ1n) is 10.1. The molecular formula is C22H26N4O2. The van der Waals surface area contributed by atoms with Gasteiger partial charge >= 0.3 is 0 Å². The van der Waals surface area contributed by atoms with E-state index in [-0.39, 0.29) is 11.9 Å². The van der Waals surface area contributed by atoms with Gasteiger partial charge in [-0.05, 0) is 70.0 Å².